The van der Waals surface area contributed by atoms with Crippen molar-refractivity contribution < 1.29 is 89.4 Å². The van der Waals surface area contributed by atoms with Crippen molar-refractivity contribution in [3.05, 3.63) is 0 Å². The van der Waals surface area contributed by atoms with E-state index >= 15 is 0 Å². The van der Waals surface area contributed by atoms with Crippen molar-refractivity contribution in [1.29, 1.82) is 0 Å². The summed E-state index contributed by atoms with van der Waals surface area (Å²) < 4.78 is 34.4. The van der Waals surface area contributed by atoms with Gasteiger partial charge in [-0.2, -0.15) is 0 Å². The Labute approximate surface area is 532 Å². The molecule has 3 aliphatic rings. The van der Waals surface area contributed by atoms with Gasteiger partial charge in [0.15, 0.2) is 18.9 Å². The summed E-state index contributed by atoms with van der Waals surface area (Å²) in [5, 5.41) is 121. The Morgan fingerprint density at radius 3 is 0.989 bits per heavy atom. The van der Waals surface area contributed by atoms with E-state index in [0.29, 0.717) is 12.8 Å². The molecule has 0 saturated carbocycles. The molecule has 17 atom stereocenters. The molecule has 12 N–H and O–H groups in total. The molecule has 0 aromatic carbocycles. The summed E-state index contributed by atoms with van der Waals surface area (Å²) in [7, 11) is 0. The molecule has 19 nitrogen and oxygen atoms in total. The van der Waals surface area contributed by atoms with Crippen molar-refractivity contribution in [3.63, 3.8) is 0 Å². The number of aliphatic hydroxyl groups excluding tert-OH is 11. The summed E-state index contributed by atoms with van der Waals surface area (Å²) in [6.45, 7) is 1.85. The number of hydrogen-bond donors (Lipinski definition) is 12. The highest BCUT2D eigenvalue weighted by atomic mass is 16.8. The van der Waals surface area contributed by atoms with Crippen LogP contribution in [0.4, 0.5) is 0 Å². The van der Waals surface area contributed by atoms with E-state index in [2.05, 4.69) is 19.2 Å². The first-order chi connectivity index (χ1) is 42.8. The van der Waals surface area contributed by atoms with Gasteiger partial charge in [0, 0.05) is 6.42 Å². The number of nitrogens with one attached hydrogen (secondary N) is 1. The molecule has 3 rings (SSSR count). The lowest BCUT2D eigenvalue weighted by molar-refractivity contribution is -0.379. The molecular weight excluding hydrogens is 1130 g/mol. The van der Waals surface area contributed by atoms with E-state index < -0.39 is 124 Å². The SMILES string of the molecule is CCCCCCCCCCCCCCCCCCCCCCCCCCCCCC(O)C(COC1OC(CO)C(OC2OC(CO)C(OC3OC(CO)C(O)C(O)C3O)C(O)C2O)C(O)C1O)NC(=O)CCCCCCCCCCCCCCCCCC. The van der Waals surface area contributed by atoms with E-state index in [-0.39, 0.29) is 18.9 Å². The Bertz CT molecular complexity index is 1600. The molecule has 88 heavy (non-hydrogen) atoms. The molecule has 3 aliphatic heterocycles. The molecule has 17 unspecified atom stereocenters. The number of unbranched alkanes of at least 4 members (excludes halogenated alkanes) is 41. The van der Waals surface area contributed by atoms with E-state index in [0.717, 1.165) is 44.9 Å². The van der Waals surface area contributed by atoms with Crippen LogP contribution in [0.3, 0.4) is 0 Å². The van der Waals surface area contributed by atoms with Crippen LogP contribution in [0.5, 0.6) is 0 Å². The third-order valence-electron chi connectivity index (χ3n) is 18.7. The summed E-state index contributed by atoms with van der Waals surface area (Å²) in [6.07, 6.45) is 29.0. The molecule has 3 heterocycles. The Kier molecular flexibility index (Phi) is 48.0. The molecular formula is C69H133NO18. The van der Waals surface area contributed by atoms with Crippen LogP contribution in [-0.4, -0.2) is 193 Å². The van der Waals surface area contributed by atoms with E-state index in [4.69, 9.17) is 28.4 Å². The lowest BCUT2D eigenvalue weighted by Crippen LogP contribution is -2.66. The molecule has 0 bridgehead atoms. The number of carbonyl (C=O) groups is 1. The second-order valence-corrected chi connectivity index (χ2v) is 26.4. The van der Waals surface area contributed by atoms with Gasteiger partial charge in [0.05, 0.1) is 38.6 Å². The van der Waals surface area contributed by atoms with Crippen LogP contribution < -0.4 is 5.32 Å². The van der Waals surface area contributed by atoms with Crippen LogP contribution >= 0.6 is 0 Å². The van der Waals surface area contributed by atoms with Crippen molar-refractivity contribution >= 4 is 5.91 Å². The first kappa shape index (κ1) is 81.0. The number of hydrogen-bond acceptors (Lipinski definition) is 18. The quantitative estimate of drug-likeness (QED) is 0.0252. The highest BCUT2D eigenvalue weighted by Crippen LogP contribution is 2.33. The maximum absolute atomic E-state index is 13.4. The van der Waals surface area contributed by atoms with Crippen molar-refractivity contribution in [2.24, 2.45) is 0 Å². The molecule has 0 spiro atoms. The summed E-state index contributed by atoms with van der Waals surface area (Å²) in [5.74, 6) is -0.236. The lowest BCUT2D eigenvalue weighted by Gasteiger charge is -2.48. The Hall–Kier alpha value is -1.21. The normalized spacial score (nSPS) is 28.3. The van der Waals surface area contributed by atoms with Gasteiger partial charge in [-0.25, -0.2) is 0 Å². The monoisotopic (exact) mass is 1260 g/mol. The van der Waals surface area contributed by atoms with Crippen LogP contribution in [0.1, 0.15) is 303 Å². The maximum atomic E-state index is 13.4. The zero-order valence-electron chi connectivity index (χ0n) is 55.2. The van der Waals surface area contributed by atoms with Gasteiger partial charge in [0.1, 0.15) is 73.2 Å². The summed E-state index contributed by atoms with van der Waals surface area (Å²) in [4.78, 5) is 13.4. The molecule has 3 fully saturated rings. The third kappa shape index (κ3) is 33.8. The molecule has 1 amide bonds. The Balaban J connectivity index is 1.40. The molecule has 19 heteroatoms. The van der Waals surface area contributed by atoms with Crippen LogP contribution in [0.25, 0.3) is 0 Å². The fourth-order valence-electron chi connectivity index (χ4n) is 12.8. The average Bonchev–Trinajstić information content (AvgIpc) is 1.28. The van der Waals surface area contributed by atoms with Crippen LogP contribution in [0, 0.1) is 0 Å². The van der Waals surface area contributed by atoms with Crippen molar-refractivity contribution in [3.8, 4) is 0 Å². The van der Waals surface area contributed by atoms with E-state index in [1.165, 1.54) is 225 Å². The number of amides is 1. The van der Waals surface area contributed by atoms with Gasteiger partial charge in [0.2, 0.25) is 5.91 Å². The summed E-state index contributed by atoms with van der Waals surface area (Å²) in [6, 6.07) is -0.882. The second kappa shape index (κ2) is 52.1. The third-order valence-corrected chi connectivity index (χ3v) is 18.7. The van der Waals surface area contributed by atoms with Gasteiger partial charge in [-0.05, 0) is 12.8 Å². The molecule has 0 aromatic rings. The van der Waals surface area contributed by atoms with Crippen molar-refractivity contribution in [1.82, 2.24) is 5.32 Å². The number of rotatable bonds is 57. The molecule has 0 radical (unpaired) electrons. The fraction of sp³-hybridized carbons (Fsp3) is 0.986. The number of aliphatic hydroxyl groups is 11. The highest BCUT2D eigenvalue weighted by molar-refractivity contribution is 5.76. The molecule has 0 aliphatic carbocycles. The molecule has 522 valence electrons. The molecule has 0 aromatic heterocycles. The Morgan fingerprint density at radius 1 is 0.364 bits per heavy atom. The largest absolute Gasteiger partial charge is 0.394 e. The lowest BCUT2D eigenvalue weighted by atomic mass is 9.96. The van der Waals surface area contributed by atoms with Gasteiger partial charge < -0.3 is 89.9 Å². The minimum atomic E-state index is -1.97. The van der Waals surface area contributed by atoms with Gasteiger partial charge in [0.25, 0.3) is 0 Å². The van der Waals surface area contributed by atoms with Gasteiger partial charge in [-0.1, -0.05) is 284 Å². The predicted octanol–water partition coefficient (Wildman–Crippen LogP) is 9.89. The van der Waals surface area contributed by atoms with E-state index in [1.54, 1.807) is 0 Å². The summed E-state index contributed by atoms with van der Waals surface area (Å²) in [5.41, 5.74) is 0. The zero-order chi connectivity index (χ0) is 64.0. The standard InChI is InChI=1S/C69H133NO18/c1-3-5-7-9-11-13-15-17-19-21-22-23-24-25-26-27-28-29-30-31-32-34-36-38-40-42-44-46-53(74)52(70-57(75)47-45-43-41-39-37-35-33-20-18-16-14-12-10-8-6-4-2)51-83-67-63(81)60(78)65(55(49-72)85-67)88-69-64(82)61(79)66(56(50-73)86-69)87-68-62(80)59(77)58(76)54(48-71)84-68/h52-56,58-69,71-74,76-82H,3-51H2,1-2H3,(H,70,75). The van der Waals surface area contributed by atoms with Crippen molar-refractivity contribution in [2.75, 3.05) is 26.4 Å². The topological polar surface area (TPSA) is 307 Å². The van der Waals surface area contributed by atoms with Gasteiger partial charge >= 0.3 is 0 Å². The first-order valence-electron chi connectivity index (χ1n) is 36.3. The van der Waals surface area contributed by atoms with Gasteiger partial charge in [-0.15, -0.1) is 0 Å². The fourth-order valence-corrected chi connectivity index (χ4v) is 12.8. The predicted molar refractivity (Wildman–Crippen MR) is 342 cm³/mol. The first-order valence-corrected chi connectivity index (χ1v) is 36.3. The Morgan fingerprint density at radius 2 is 0.648 bits per heavy atom. The van der Waals surface area contributed by atoms with Crippen LogP contribution in [-0.2, 0) is 33.2 Å². The second-order valence-electron chi connectivity index (χ2n) is 26.4. The van der Waals surface area contributed by atoms with E-state index in [1.807, 2.05) is 0 Å². The molecule has 3 saturated heterocycles. The number of carbonyl (C=O) groups excluding carboxylic acids is 1. The van der Waals surface area contributed by atoms with Crippen LogP contribution in [0.15, 0.2) is 0 Å². The minimum absolute atomic E-state index is 0.236. The zero-order valence-corrected chi connectivity index (χ0v) is 55.2. The van der Waals surface area contributed by atoms with Crippen molar-refractivity contribution in [2.45, 2.75) is 407 Å². The summed E-state index contributed by atoms with van der Waals surface area (Å²) >= 11 is 0. The van der Waals surface area contributed by atoms with Gasteiger partial charge in [-0.3, -0.25) is 4.79 Å². The van der Waals surface area contributed by atoms with Crippen LogP contribution in [0.2, 0.25) is 0 Å². The minimum Gasteiger partial charge on any atom is -0.394 e. The smallest absolute Gasteiger partial charge is 0.220 e. The van der Waals surface area contributed by atoms with E-state index in [9.17, 15) is 61.0 Å². The number of ether oxygens (including phenoxy) is 6. The highest BCUT2D eigenvalue weighted by Gasteiger charge is 2.53. The maximum Gasteiger partial charge on any atom is 0.220 e. The average molecular weight is 1260 g/mol.